The molecule has 1 aromatic heterocycles. The summed E-state index contributed by atoms with van der Waals surface area (Å²) in [5, 5.41) is 13.7. The van der Waals surface area contributed by atoms with E-state index in [1.165, 1.54) is 9.32 Å². The molecule has 0 saturated carbocycles. The van der Waals surface area contributed by atoms with Gasteiger partial charge in [0.25, 0.3) is 5.91 Å². The van der Waals surface area contributed by atoms with Gasteiger partial charge in [0.2, 0.25) is 17.8 Å². The fraction of sp³-hybridized carbons (Fsp3) is 0.413. The molecular formula is C46H53ClN9O6P. The van der Waals surface area contributed by atoms with Gasteiger partial charge in [-0.2, -0.15) is 4.98 Å². The Kier molecular flexibility index (Phi) is 13.2. The zero-order valence-corrected chi connectivity index (χ0v) is 37.5. The van der Waals surface area contributed by atoms with Gasteiger partial charge in [0.05, 0.1) is 12.8 Å². The van der Waals surface area contributed by atoms with Crippen LogP contribution in [0.5, 0.6) is 5.75 Å². The number of piperidine rings is 2. The molecule has 15 nitrogen and oxygen atoms in total. The number of aromatic nitrogens is 2. The van der Waals surface area contributed by atoms with Crippen LogP contribution in [0.15, 0.2) is 79.0 Å². The van der Waals surface area contributed by atoms with Crippen molar-refractivity contribution < 1.29 is 28.4 Å². The zero-order valence-electron chi connectivity index (χ0n) is 35.9. The van der Waals surface area contributed by atoms with Crippen molar-refractivity contribution in [2.75, 3.05) is 69.5 Å². The molecule has 4 unspecified atom stereocenters. The van der Waals surface area contributed by atoms with Gasteiger partial charge in [-0.3, -0.25) is 24.6 Å². The fourth-order valence-electron chi connectivity index (χ4n) is 9.29. The molecule has 4 aliphatic heterocycles. The monoisotopic (exact) mass is 893 g/mol. The molecule has 63 heavy (non-hydrogen) atoms. The maximum absolute atomic E-state index is 13.6. The van der Waals surface area contributed by atoms with Crippen LogP contribution >= 0.6 is 18.9 Å². The van der Waals surface area contributed by atoms with Crippen LogP contribution in [0.25, 0.3) is 0 Å². The summed E-state index contributed by atoms with van der Waals surface area (Å²) in [6.45, 7) is 9.54. The number of benzene rings is 3. The van der Waals surface area contributed by atoms with Crippen molar-refractivity contribution in [2.24, 2.45) is 0 Å². The number of amides is 3. The van der Waals surface area contributed by atoms with Crippen molar-refractivity contribution >= 4 is 65.1 Å². The SMILES string of the molecule is COc1cc(N(Cl)c2nccc(Nc3ccc(P(C)(C)=O)cc3)n2)cc(C2(C3CNCCN3C(C)OCC#CC3c4ccccc4C(=O)N3C3CCC(=O)NC3=O)CCNCC2)c1. The normalized spacial score (nSPS) is 21.8. The predicted molar refractivity (Wildman–Crippen MR) is 244 cm³/mol. The molecular weight excluding hydrogens is 841 g/mol. The summed E-state index contributed by atoms with van der Waals surface area (Å²) in [7, 11) is -0.735. The molecule has 0 spiro atoms. The number of carbonyl (C=O) groups excluding carboxylic acids is 3. The van der Waals surface area contributed by atoms with Gasteiger partial charge in [0.1, 0.15) is 43.6 Å². The number of anilines is 4. The molecule has 3 fully saturated rings. The lowest BCUT2D eigenvalue weighted by atomic mass is 9.66. The third-order valence-corrected chi connectivity index (χ3v) is 14.5. The van der Waals surface area contributed by atoms with E-state index in [9.17, 15) is 18.9 Å². The Labute approximate surface area is 373 Å². The number of imide groups is 1. The number of methoxy groups -OCH3 is 1. The summed E-state index contributed by atoms with van der Waals surface area (Å²) < 4.78 is 26.4. The van der Waals surface area contributed by atoms with E-state index in [0.717, 1.165) is 67.7 Å². The summed E-state index contributed by atoms with van der Waals surface area (Å²) in [6.07, 6.45) is 3.43. The van der Waals surface area contributed by atoms with Gasteiger partial charge < -0.3 is 34.9 Å². The molecule has 0 aliphatic carbocycles. The first-order valence-electron chi connectivity index (χ1n) is 21.3. The van der Waals surface area contributed by atoms with Crippen LogP contribution in [0, 0.1) is 11.8 Å². The highest BCUT2D eigenvalue weighted by Crippen LogP contribution is 2.44. The van der Waals surface area contributed by atoms with Crippen molar-refractivity contribution in [3.8, 4) is 17.6 Å². The van der Waals surface area contributed by atoms with E-state index in [2.05, 4.69) is 62.0 Å². The Hall–Kier alpha value is -5.33. The van der Waals surface area contributed by atoms with Crippen LogP contribution in [0.4, 0.5) is 23.1 Å². The van der Waals surface area contributed by atoms with E-state index in [0.29, 0.717) is 22.8 Å². The standard InChI is InChI=1S/C46H53ClN9O6P/c1-30(62-25-7-10-38-36-8-5-6-9-37(36)44(59)55(38)39-15-16-42(57)53-43(39)58)54-24-23-49-29-40(54)46(18-21-48-22-19-46)31-26-33(28-34(27-31)61-2)56(47)45-50-20-17-41(52-45)51-32-11-13-35(14-12-32)63(3,4)60/h5-6,8-9,11-14,17,20,26-28,30,38-40,48-49H,15-16,18-19,21-25,29H2,1-4H3,(H,50,51,52)(H,53,57,58). The van der Waals surface area contributed by atoms with E-state index in [-0.39, 0.29) is 54.9 Å². The van der Waals surface area contributed by atoms with E-state index in [4.69, 9.17) is 26.2 Å². The van der Waals surface area contributed by atoms with Crippen LogP contribution in [0.3, 0.4) is 0 Å². The molecule has 4 aromatic rings. The number of ether oxygens (including phenoxy) is 2. The van der Waals surface area contributed by atoms with Crippen molar-refractivity contribution in [3.63, 3.8) is 0 Å². The number of fused-ring (bicyclic) bond motifs is 1. The predicted octanol–water partition coefficient (Wildman–Crippen LogP) is 5.03. The minimum atomic E-state index is -2.38. The summed E-state index contributed by atoms with van der Waals surface area (Å²) in [5.41, 5.74) is 3.43. The molecule has 17 heteroatoms. The van der Waals surface area contributed by atoms with Crippen LogP contribution in [0.2, 0.25) is 0 Å². The minimum Gasteiger partial charge on any atom is -0.497 e. The number of nitrogens with one attached hydrogen (secondary N) is 4. The van der Waals surface area contributed by atoms with Crippen molar-refractivity contribution in [3.05, 3.63) is 95.7 Å². The van der Waals surface area contributed by atoms with Crippen molar-refractivity contribution in [2.45, 2.75) is 62.4 Å². The first-order valence-corrected chi connectivity index (χ1v) is 24.2. The summed E-state index contributed by atoms with van der Waals surface area (Å²) in [5.74, 6) is 6.81. The molecule has 4 atom stereocenters. The topological polar surface area (TPSA) is 170 Å². The number of nitrogens with zero attached hydrogens (tertiary/aromatic N) is 5. The van der Waals surface area contributed by atoms with Gasteiger partial charge in [-0.05, 0) is 112 Å². The highest BCUT2D eigenvalue weighted by molar-refractivity contribution is 7.70. The third kappa shape index (κ3) is 9.34. The zero-order chi connectivity index (χ0) is 44.3. The Morgan fingerprint density at radius 3 is 2.56 bits per heavy atom. The van der Waals surface area contributed by atoms with Crippen molar-refractivity contribution in [1.82, 2.24) is 35.7 Å². The van der Waals surface area contributed by atoms with E-state index < -0.39 is 25.1 Å². The number of hydrogen-bond donors (Lipinski definition) is 4. The molecule has 330 valence electrons. The molecule has 5 heterocycles. The first kappa shape index (κ1) is 44.3. The number of carbonyl (C=O) groups is 3. The quantitative estimate of drug-likeness (QED) is 0.0647. The second-order valence-corrected chi connectivity index (χ2v) is 20.3. The van der Waals surface area contributed by atoms with Gasteiger partial charge in [-0.1, -0.05) is 30.0 Å². The summed E-state index contributed by atoms with van der Waals surface area (Å²) >= 11 is 7.12. The number of piperazine rings is 1. The number of rotatable bonds is 12. The number of halogens is 1. The lowest BCUT2D eigenvalue weighted by Crippen LogP contribution is -2.64. The molecule has 4 aliphatic rings. The molecule has 0 radical (unpaired) electrons. The van der Waals surface area contributed by atoms with Gasteiger partial charge in [-0.25, -0.2) is 9.40 Å². The van der Waals surface area contributed by atoms with Crippen molar-refractivity contribution in [1.29, 1.82) is 0 Å². The molecule has 3 amide bonds. The maximum atomic E-state index is 13.6. The highest BCUT2D eigenvalue weighted by atomic mass is 35.5. The van der Waals surface area contributed by atoms with E-state index >= 15 is 0 Å². The Morgan fingerprint density at radius 2 is 1.81 bits per heavy atom. The van der Waals surface area contributed by atoms with Crippen LogP contribution in [-0.4, -0.2) is 116 Å². The lowest BCUT2D eigenvalue weighted by molar-refractivity contribution is -0.137. The second-order valence-electron chi connectivity index (χ2n) is 16.7. The number of hydrogen-bond acceptors (Lipinski definition) is 13. The highest BCUT2D eigenvalue weighted by Gasteiger charge is 2.47. The largest absolute Gasteiger partial charge is 0.497 e. The molecule has 8 rings (SSSR count). The molecule has 4 N–H and O–H groups in total. The lowest BCUT2D eigenvalue weighted by Gasteiger charge is -2.52. The Bertz CT molecular complexity index is 2470. The Morgan fingerprint density at radius 1 is 1.03 bits per heavy atom. The second kappa shape index (κ2) is 18.8. The van der Waals surface area contributed by atoms with Gasteiger partial charge >= 0.3 is 0 Å². The molecule has 3 aromatic carbocycles. The summed E-state index contributed by atoms with van der Waals surface area (Å²) in [4.78, 5) is 51.6. The molecule has 0 bridgehead atoms. The van der Waals surface area contributed by atoms with Gasteiger partial charge in [-0.15, -0.1) is 0 Å². The Balaban J connectivity index is 1.02. The fourth-order valence-corrected chi connectivity index (χ4v) is 10.3. The maximum Gasteiger partial charge on any atom is 0.256 e. The molecule has 3 saturated heterocycles. The van der Waals surface area contributed by atoms with Crippen LogP contribution in [0.1, 0.15) is 60.1 Å². The average molecular weight is 894 g/mol. The van der Waals surface area contributed by atoms with Gasteiger partial charge in [0, 0.05) is 78.1 Å². The smallest absolute Gasteiger partial charge is 0.256 e. The minimum absolute atomic E-state index is 0.0203. The average Bonchev–Trinajstić information content (AvgIpc) is 3.57. The first-order chi connectivity index (χ1) is 30.4. The van der Waals surface area contributed by atoms with E-state index in [1.807, 2.05) is 42.5 Å². The third-order valence-electron chi connectivity index (χ3n) is 12.6. The van der Waals surface area contributed by atoms with E-state index in [1.54, 1.807) is 44.8 Å². The van der Waals surface area contributed by atoms with Crippen LogP contribution in [-0.2, 0) is 24.3 Å². The van der Waals surface area contributed by atoms with Crippen LogP contribution < -0.4 is 35.7 Å². The van der Waals surface area contributed by atoms with Gasteiger partial charge in [0.15, 0.2) is 0 Å². The summed E-state index contributed by atoms with van der Waals surface area (Å²) in [6, 6.07) is 21.2.